The van der Waals surface area contributed by atoms with Crippen LogP contribution >= 0.6 is 0 Å². The van der Waals surface area contributed by atoms with E-state index in [2.05, 4.69) is 35.4 Å². The van der Waals surface area contributed by atoms with Gasteiger partial charge in [0, 0.05) is 22.5 Å². The Bertz CT molecular complexity index is 827. The van der Waals surface area contributed by atoms with Crippen LogP contribution in [0.2, 0.25) is 0 Å². The minimum Gasteiger partial charge on any atom is -0.469 e. The van der Waals surface area contributed by atoms with E-state index in [4.69, 9.17) is 14.2 Å². The van der Waals surface area contributed by atoms with E-state index in [1.807, 2.05) is 6.07 Å². The van der Waals surface area contributed by atoms with Gasteiger partial charge in [-0.2, -0.15) is 0 Å². The molecule has 2 aliphatic rings. The summed E-state index contributed by atoms with van der Waals surface area (Å²) in [6, 6.07) is 8.30. The Hall–Kier alpha value is -1.89. The lowest BCUT2D eigenvalue weighted by Gasteiger charge is -2.28. The summed E-state index contributed by atoms with van der Waals surface area (Å²) in [5.74, 6) is 0.237. The molecule has 1 aromatic heterocycles. The van der Waals surface area contributed by atoms with Crippen molar-refractivity contribution in [2.24, 2.45) is 11.8 Å². The Labute approximate surface area is 172 Å². The molecule has 6 heteroatoms. The van der Waals surface area contributed by atoms with Gasteiger partial charge in [-0.3, -0.25) is 4.79 Å². The monoisotopic (exact) mass is 400 g/mol. The number of ether oxygens (including phenoxy) is 3. The molecule has 4 rings (SSSR count). The number of carbonyl (C=O) groups is 1. The average Bonchev–Trinajstić information content (AvgIpc) is 3.40. The second-order valence-electron chi connectivity index (χ2n) is 8.21. The second kappa shape index (κ2) is 9.28. The van der Waals surface area contributed by atoms with Crippen LogP contribution in [-0.4, -0.2) is 50.7 Å². The molecule has 3 heterocycles. The molecule has 0 amide bonds. The maximum Gasteiger partial charge on any atom is 0.314 e. The quantitative estimate of drug-likeness (QED) is 0.753. The topological polar surface area (TPSA) is 72.6 Å². The van der Waals surface area contributed by atoms with E-state index < -0.39 is 0 Å². The second-order valence-corrected chi connectivity index (χ2v) is 8.21. The van der Waals surface area contributed by atoms with Gasteiger partial charge in [-0.1, -0.05) is 25.1 Å². The zero-order chi connectivity index (χ0) is 20.2. The lowest BCUT2D eigenvalue weighted by Crippen LogP contribution is -2.31. The van der Waals surface area contributed by atoms with Gasteiger partial charge in [0.2, 0.25) is 0 Å². The van der Waals surface area contributed by atoms with Crippen molar-refractivity contribution in [2.75, 3.05) is 33.4 Å². The van der Waals surface area contributed by atoms with E-state index in [1.54, 1.807) is 0 Å². The summed E-state index contributed by atoms with van der Waals surface area (Å²) >= 11 is 0. The summed E-state index contributed by atoms with van der Waals surface area (Å²) in [7, 11) is 1.49. The van der Waals surface area contributed by atoms with Gasteiger partial charge >= 0.3 is 5.97 Å². The van der Waals surface area contributed by atoms with Crippen molar-refractivity contribution in [1.29, 1.82) is 0 Å². The number of H-pyrrole nitrogens is 1. The van der Waals surface area contributed by atoms with Crippen LogP contribution in [-0.2, 0) is 25.4 Å². The number of nitrogens with one attached hydrogen (secondary N) is 2. The Kier molecular flexibility index (Phi) is 6.53. The summed E-state index contributed by atoms with van der Waals surface area (Å²) in [4.78, 5) is 16.4. The minimum absolute atomic E-state index is 0.118. The lowest BCUT2D eigenvalue weighted by molar-refractivity contribution is -0.143. The molecule has 158 valence electrons. The van der Waals surface area contributed by atoms with Gasteiger partial charge in [0.1, 0.15) is 0 Å². The number of rotatable bonds is 5. The van der Waals surface area contributed by atoms with E-state index in [1.165, 1.54) is 18.1 Å². The van der Waals surface area contributed by atoms with Crippen LogP contribution in [0.25, 0.3) is 10.9 Å². The van der Waals surface area contributed by atoms with Crippen LogP contribution in [0, 0.1) is 11.8 Å². The van der Waals surface area contributed by atoms with Crippen LogP contribution in [0.1, 0.15) is 43.4 Å². The van der Waals surface area contributed by atoms with E-state index in [9.17, 15) is 4.79 Å². The first-order valence-corrected chi connectivity index (χ1v) is 10.8. The first-order valence-electron chi connectivity index (χ1n) is 10.8. The first kappa shape index (κ1) is 20.4. The fraction of sp³-hybridized carbons (Fsp3) is 0.609. The molecular weight excluding hydrogens is 368 g/mol. The van der Waals surface area contributed by atoms with E-state index in [-0.39, 0.29) is 18.2 Å². The summed E-state index contributed by atoms with van der Waals surface area (Å²) in [5, 5.41) is 4.83. The molecule has 2 unspecified atom stereocenters. The number of benzene rings is 1. The number of hydrogen-bond acceptors (Lipinski definition) is 5. The number of hydrogen-bond donors (Lipinski definition) is 2. The van der Waals surface area contributed by atoms with Crippen molar-refractivity contribution in [3.63, 3.8) is 0 Å². The molecule has 2 N–H and O–H groups in total. The van der Waals surface area contributed by atoms with Gasteiger partial charge in [0.25, 0.3) is 0 Å². The van der Waals surface area contributed by atoms with Gasteiger partial charge in [0.05, 0.1) is 26.2 Å². The molecule has 0 spiro atoms. The summed E-state index contributed by atoms with van der Waals surface area (Å²) in [6.45, 7) is 5.32. The van der Waals surface area contributed by atoms with Crippen LogP contribution in [0.3, 0.4) is 0 Å². The molecule has 0 saturated carbocycles. The van der Waals surface area contributed by atoms with Crippen LogP contribution in [0.4, 0.5) is 0 Å². The molecule has 29 heavy (non-hydrogen) atoms. The fourth-order valence-corrected chi connectivity index (χ4v) is 4.92. The third kappa shape index (κ3) is 4.34. The molecular formula is C23H32N2O4. The van der Waals surface area contributed by atoms with E-state index in [0.717, 1.165) is 50.0 Å². The number of carbonyl (C=O) groups excluding carboxylic acids is 1. The first-order chi connectivity index (χ1) is 14.2. The zero-order valence-corrected chi connectivity index (χ0v) is 17.4. The molecule has 0 radical (unpaired) electrons. The van der Waals surface area contributed by atoms with Crippen LogP contribution in [0.15, 0.2) is 24.3 Å². The summed E-state index contributed by atoms with van der Waals surface area (Å²) < 4.78 is 16.8. The Morgan fingerprint density at radius 2 is 2.07 bits per heavy atom. The smallest absolute Gasteiger partial charge is 0.314 e. The molecule has 0 aliphatic carbocycles. The predicted molar refractivity (Wildman–Crippen MR) is 112 cm³/mol. The van der Waals surface area contributed by atoms with E-state index >= 15 is 0 Å². The standard InChI is InChI=1S/C23H32N2O4/c1-3-16(23-28-10-11-29-23)12-15-13-19(22(26)27-2)21-18(8-9-24-14-15)17-6-4-5-7-20(17)25-21/h4-7,15-16,19,23-25H,3,8-14H2,1-2H3/t15-,16?,19?/m1/s1. The number of methoxy groups -OCH3 is 1. The van der Waals surface area contributed by atoms with Crippen molar-refractivity contribution in [1.82, 2.24) is 10.3 Å². The molecule has 6 nitrogen and oxygen atoms in total. The third-order valence-corrected chi connectivity index (χ3v) is 6.43. The number of para-hydroxylation sites is 1. The van der Waals surface area contributed by atoms with E-state index in [0.29, 0.717) is 25.0 Å². The molecule has 2 aliphatic heterocycles. The Morgan fingerprint density at radius 1 is 1.28 bits per heavy atom. The largest absolute Gasteiger partial charge is 0.469 e. The highest BCUT2D eigenvalue weighted by Gasteiger charge is 2.34. The normalized spacial score (nSPS) is 24.5. The van der Waals surface area contributed by atoms with Gasteiger partial charge < -0.3 is 24.5 Å². The van der Waals surface area contributed by atoms with Crippen LogP contribution < -0.4 is 5.32 Å². The SMILES string of the molecule is CCC(C[C@H]1CNCCc2c([nH]c3ccccc23)C(C(=O)OC)C1)C1OCCO1. The Morgan fingerprint density at radius 3 is 2.83 bits per heavy atom. The highest BCUT2D eigenvalue weighted by Crippen LogP contribution is 2.36. The molecule has 3 atom stereocenters. The predicted octanol–water partition coefficient (Wildman–Crippen LogP) is 3.37. The van der Waals surface area contributed by atoms with Crippen molar-refractivity contribution in [3.8, 4) is 0 Å². The number of esters is 1. The summed E-state index contributed by atoms with van der Waals surface area (Å²) in [5.41, 5.74) is 3.34. The summed E-state index contributed by atoms with van der Waals surface area (Å²) in [6.07, 6.45) is 3.50. The number of aromatic amines is 1. The lowest BCUT2D eigenvalue weighted by atomic mass is 9.83. The highest BCUT2D eigenvalue weighted by atomic mass is 16.7. The molecule has 1 aromatic carbocycles. The van der Waals surface area contributed by atoms with Gasteiger partial charge in [-0.15, -0.1) is 0 Å². The van der Waals surface area contributed by atoms with Gasteiger partial charge in [-0.05, 0) is 56.3 Å². The highest BCUT2D eigenvalue weighted by molar-refractivity contribution is 5.88. The van der Waals surface area contributed by atoms with Crippen LogP contribution in [0.5, 0.6) is 0 Å². The van der Waals surface area contributed by atoms with Crippen molar-refractivity contribution in [3.05, 3.63) is 35.5 Å². The van der Waals surface area contributed by atoms with Crippen molar-refractivity contribution >= 4 is 16.9 Å². The number of fused-ring (bicyclic) bond motifs is 3. The van der Waals surface area contributed by atoms with Gasteiger partial charge in [-0.25, -0.2) is 0 Å². The average molecular weight is 401 g/mol. The molecule has 2 aromatic rings. The van der Waals surface area contributed by atoms with Crippen molar-refractivity contribution < 1.29 is 19.0 Å². The van der Waals surface area contributed by atoms with Gasteiger partial charge in [0.15, 0.2) is 6.29 Å². The maximum absolute atomic E-state index is 12.8. The maximum atomic E-state index is 12.8. The minimum atomic E-state index is -0.282. The van der Waals surface area contributed by atoms with Crippen molar-refractivity contribution in [2.45, 2.75) is 44.8 Å². The fourth-order valence-electron chi connectivity index (χ4n) is 4.92. The molecule has 0 bridgehead atoms. The zero-order valence-electron chi connectivity index (χ0n) is 17.4. The molecule has 1 saturated heterocycles. The Balaban J connectivity index is 1.63. The number of aromatic nitrogens is 1. The molecule has 1 fully saturated rings. The third-order valence-electron chi connectivity index (χ3n) is 6.43.